The molecule has 0 aliphatic rings. The van der Waals surface area contributed by atoms with Gasteiger partial charge in [-0.1, -0.05) is 29.8 Å². The predicted octanol–water partition coefficient (Wildman–Crippen LogP) is 4.55. The number of amides is 1. The molecule has 0 fully saturated rings. The lowest BCUT2D eigenvalue weighted by Crippen LogP contribution is -2.14. The van der Waals surface area contributed by atoms with Crippen molar-refractivity contribution in [1.29, 1.82) is 0 Å². The zero-order valence-corrected chi connectivity index (χ0v) is 18.7. The van der Waals surface area contributed by atoms with Gasteiger partial charge >= 0.3 is 0 Å². The molecule has 3 rings (SSSR count). The lowest BCUT2D eigenvalue weighted by Gasteiger charge is -2.09. The molecule has 3 aromatic rings. The zero-order valence-electron chi connectivity index (χ0n) is 15.5. The summed E-state index contributed by atoms with van der Waals surface area (Å²) in [6, 6.07) is 12.1. The second-order valence-electron chi connectivity index (χ2n) is 5.95. The van der Waals surface area contributed by atoms with Gasteiger partial charge in [-0.3, -0.25) is 9.52 Å². The monoisotopic (exact) mass is 468 g/mol. The third-order valence-corrected chi connectivity index (χ3v) is 7.51. The Hall–Kier alpha value is -2.14. The second-order valence-corrected chi connectivity index (χ2v) is 9.78. The van der Waals surface area contributed by atoms with E-state index in [2.05, 4.69) is 19.4 Å². The van der Waals surface area contributed by atoms with Gasteiger partial charge in [-0.15, -0.1) is 11.8 Å². The van der Waals surface area contributed by atoms with Crippen LogP contribution in [0.15, 0.2) is 52.3 Å². The number of halogens is 1. The topological polar surface area (TPSA) is 101 Å². The van der Waals surface area contributed by atoms with Crippen molar-refractivity contribution in [2.75, 3.05) is 10.0 Å². The molecule has 11 heteroatoms. The molecule has 0 radical (unpaired) electrons. The highest BCUT2D eigenvalue weighted by Crippen LogP contribution is 2.30. The second kappa shape index (κ2) is 9.12. The Labute approximate surface area is 182 Å². The van der Waals surface area contributed by atoms with Gasteiger partial charge in [0.2, 0.25) is 11.0 Å². The van der Waals surface area contributed by atoms with E-state index < -0.39 is 10.0 Å². The average molecular weight is 469 g/mol. The van der Waals surface area contributed by atoms with Crippen LogP contribution in [-0.2, 0) is 20.6 Å². The first-order valence-electron chi connectivity index (χ1n) is 8.36. The van der Waals surface area contributed by atoms with E-state index in [1.807, 2.05) is 24.3 Å². The Bertz CT molecular complexity index is 1150. The van der Waals surface area contributed by atoms with Gasteiger partial charge in [-0.05, 0) is 36.8 Å². The first kappa shape index (κ1) is 21.6. The smallest absolute Gasteiger partial charge is 0.264 e. The number of carbonyl (C=O) groups excluding carboxylic acids is 1. The molecule has 0 unspecified atom stereocenters. The van der Waals surface area contributed by atoms with E-state index in [0.29, 0.717) is 27.9 Å². The molecule has 1 aromatic heterocycles. The van der Waals surface area contributed by atoms with Crippen molar-refractivity contribution < 1.29 is 13.2 Å². The first-order chi connectivity index (χ1) is 13.8. The Balaban J connectivity index is 1.70. The van der Waals surface area contributed by atoms with Gasteiger partial charge in [0.05, 0.1) is 16.3 Å². The van der Waals surface area contributed by atoms with Crippen molar-refractivity contribution in [3.63, 3.8) is 0 Å². The quantitative estimate of drug-likeness (QED) is 0.493. The van der Waals surface area contributed by atoms with Crippen LogP contribution >= 0.6 is 34.9 Å². The lowest BCUT2D eigenvalue weighted by atomic mass is 10.2. The van der Waals surface area contributed by atoms with Gasteiger partial charge in [0.1, 0.15) is 0 Å². The van der Waals surface area contributed by atoms with E-state index in [1.165, 1.54) is 24.8 Å². The van der Waals surface area contributed by atoms with Gasteiger partial charge in [-0.25, -0.2) is 13.4 Å². The molecule has 29 heavy (non-hydrogen) atoms. The molecule has 0 atom stereocenters. The number of carbonyl (C=O) groups is 1. The first-order valence-corrected chi connectivity index (χ1v) is 12.0. The molecular formula is C18H17ClN4O3S3. The number of benzene rings is 2. The highest BCUT2D eigenvalue weighted by atomic mass is 35.5. The standard InChI is InChI=1S/C18H17ClN4O3S3/c1-11-13(19)6-5-9-16(11)29(25,26)23-18-21-17(22-28-18)10-27-15-8-4-3-7-14(15)20-12(2)24/h3-9H,10H2,1-2H3,(H,20,24)(H,21,22,23). The number of sulfonamides is 1. The van der Waals surface area contributed by atoms with Crippen LogP contribution < -0.4 is 10.0 Å². The number of aromatic nitrogens is 2. The molecule has 2 N–H and O–H groups in total. The van der Waals surface area contributed by atoms with Crippen molar-refractivity contribution in [1.82, 2.24) is 9.36 Å². The van der Waals surface area contributed by atoms with Gasteiger partial charge < -0.3 is 5.32 Å². The zero-order chi connectivity index (χ0) is 21.0. The van der Waals surface area contributed by atoms with Gasteiger partial charge in [0, 0.05) is 28.4 Å². The number of hydrogen-bond acceptors (Lipinski definition) is 7. The van der Waals surface area contributed by atoms with E-state index in [9.17, 15) is 13.2 Å². The van der Waals surface area contributed by atoms with Gasteiger partial charge in [-0.2, -0.15) is 4.37 Å². The number of anilines is 2. The van der Waals surface area contributed by atoms with Crippen LogP contribution in [0.5, 0.6) is 0 Å². The molecule has 2 aromatic carbocycles. The Morgan fingerprint density at radius 2 is 1.97 bits per heavy atom. The van der Waals surface area contributed by atoms with Crippen LogP contribution in [-0.4, -0.2) is 23.7 Å². The van der Waals surface area contributed by atoms with Crippen LogP contribution in [0.4, 0.5) is 10.8 Å². The summed E-state index contributed by atoms with van der Waals surface area (Å²) in [5.74, 6) is 0.751. The van der Waals surface area contributed by atoms with Crippen molar-refractivity contribution in [3.05, 3.63) is 58.9 Å². The fourth-order valence-electron chi connectivity index (χ4n) is 2.43. The fourth-order valence-corrected chi connectivity index (χ4v) is 5.68. The minimum absolute atomic E-state index is 0.0976. The molecule has 1 heterocycles. The van der Waals surface area contributed by atoms with Crippen molar-refractivity contribution in [3.8, 4) is 0 Å². The SMILES string of the molecule is CC(=O)Nc1ccccc1SCc1nsc(NS(=O)(=O)c2cccc(Cl)c2C)n1. The van der Waals surface area contributed by atoms with E-state index >= 15 is 0 Å². The van der Waals surface area contributed by atoms with E-state index in [-0.39, 0.29) is 15.9 Å². The summed E-state index contributed by atoms with van der Waals surface area (Å²) in [6.07, 6.45) is 0. The average Bonchev–Trinajstić information content (AvgIpc) is 3.09. The van der Waals surface area contributed by atoms with Crippen LogP contribution in [0.25, 0.3) is 0 Å². The van der Waals surface area contributed by atoms with Gasteiger partial charge in [0.25, 0.3) is 10.0 Å². The van der Waals surface area contributed by atoms with E-state index in [4.69, 9.17) is 11.6 Å². The highest BCUT2D eigenvalue weighted by molar-refractivity contribution is 7.98. The van der Waals surface area contributed by atoms with E-state index in [0.717, 1.165) is 16.4 Å². The Morgan fingerprint density at radius 3 is 2.72 bits per heavy atom. The normalized spacial score (nSPS) is 11.3. The van der Waals surface area contributed by atoms with Crippen LogP contribution in [0.3, 0.4) is 0 Å². The predicted molar refractivity (Wildman–Crippen MR) is 117 cm³/mol. The number of thioether (sulfide) groups is 1. The molecule has 0 spiro atoms. The molecule has 152 valence electrons. The third kappa shape index (κ3) is 5.47. The van der Waals surface area contributed by atoms with Crippen molar-refractivity contribution in [2.45, 2.75) is 29.4 Å². The summed E-state index contributed by atoms with van der Waals surface area (Å²) in [6.45, 7) is 3.09. The summed E-state index contributed by atoms with van der Waals surface area (Å²) in [5, 5.41) is 3.32. The largest absolute Gasteiger partial charge is 0.325 e. The maximum atomic E-state index is 12.6. The highest BCUT2D eigenvalue weighted by Gasteiger charge is 2.20. The number of nitrogens with zero attached hydrogens (tertiary/aromatic N) is 2. The molecule has 0 bridgehead atoms. The molecule has 1 amide bonds. The summed E-state index contributed by atoms with van der Waals surface area (Å²) < 4.78 is 31.9. The number of para-hydroxylation sites is 1. The van der Waals surface area contributed by atoms with Crippen molar-refractivity contribution >= 4 is 61.6 Å². The van der Waals surface area contributed by atoms with E-state index in [1.54, 1.807) is 19.1 Å². The molecule has 0 aliphatic carbocycles. The van der Waals surface area contributed by atoms with Crippen LogP contribution in [0, 0.1) is 6.92 Å². The third-order valence-electron chi connectivity index (χ3n) is 3.75. The van der Waals surface area contributed by atoms with Crippen molar-refractivity contribution in [2.24, 2.45) is 0 Å². The summed E-state index contributed by atoms with van der Waals surface area (Å²) in [4.78, 5) is 16.5. The molecular weight excluding hydrogens is 452 g/mol. The molecule has 0 saturated carbocycles. The Morgan fingerprint density at radius 1 is 1.21 bits per heavy atom. The summed E-state index contributed by atoms with van der Waals surface area (Å²) >= 11 is 8.43. The lowest BCUT2D eigenvalue weighted by molar-refractivity contribution is -0.114. The van der Waals surface area contributed by atoms with Crippen LogP contribution in [0.1, 0.15) is 18.3 Å². The summed E-state index contributed by atoms with van der Waals surface area (Å²) in [7, 11) is -3.82. The van der Waals surface area contributed by atoms with Gasteiger partial charge in [0.15, 0.2) is 5.82 Å². The maximum absolute atomic E-state index is 12.6. The Kier molecular flexibility index (Phi) is 6.78. The molecule has 7 nitrogen and oxygen atoms in total. The fraction of sp³-hybridized carbons (Fsp3) is 0.167. The van der Waals surface area contributed by atoms with Crippen LogP contribution in [0.2, 0.25) is 5.02 Å². The number of rotatable bonds is 7. The number of hydrogen-bond donors (Lipinski definition) is 2. The minimum Gasteiger partial charge on any atom is -0.325 e. The summed E-state index contributed by atoms with van der Waals surface area (Å²) in [5.41, 5.74) is 1.18. The minimum atomic E-state index is -3.82. The maximum Gasteiger partial charge on any atom is 0.264 e. The molecule has 0 aliphatic heterocycles. The molecule has 0 saturated heterocycles. The number of nitrogens with one attached hydrogen (secondary N) is 2.